The minimum Gasteiger partial charge on any atom is -0.350 e. The van der Waals surface area contributed by atoms with Crippen molar-refractivity contribution in [1.29, 1.82) is 0 Å². The van der Waals surface area contributed by atoms with Crippen LogP contribution in [0.5, 0.6) is 0 Å². The molecular weight excluding hydrogens is 399 g/mol. The smallest absolute Gasteiger partial charge is 0.243 e. The van der Waals surface area contributed by atoms with Gasteiger partial charge in [-0.25, -0.2) is 4.39 Å². The van der Waals surface area contributed by atoms with Gasteiger partial charge in [0.15, 0.2) is 0 Å². The third-order valence-corrected chi connectivity index (χ3v) is 5.48. The summed E-state index contributed by atoms with van der Waals surface area (Å²) in [4.78, 5) is 27.7. The van der Waals surface area contributed by atoms with E-state index in [2.05, 4.69) is 5.32 Å². The Morgan fingerprint density at radius 1 is 1.03 bits per heavy atom. The lowest BCUT2D eigenvalue weighted by molar-refractivity contribution is -0.140. The van der Waals surface area contributed by atoms with E-state index in [1.54, 1.807) is 17.0 Å². The molecule has 0 aliphatic heterocycles. The van der Waals surface area contributed by atoms with Gasteiger partial charge >= 0.3 is 0 Å². The summed E-state index contributed by atoms with van der Waals surface area (Å²) in [6.07, 6.45) is 0.531. The monoisotopic (exact) mass is 430 g/mol. The maximum Gasteiger partial charge on any atom is 0.243 e. The van der Waals surface area contributed by atoms with E-state index in [0.717, 1.165) is 11.1 Å². The second-order valence-electron chi connectivity index (χ2n) is 8.29. The van der Waals surface area contributed by atoms with Crippen molar-refractivity contribution in [3.63, 3.8) is 0 Å². The molecule has 162 valence electrons. The van der Waals surface area contributed by atoms with E-state index >= 15 is 0 Å². The number of nitrogens with zero attached hydrogens (tertiary/aromatic N) is 1. The molecule has 2 aromatic rings. The van der Waals surface area contributed by atoms with Crippen molar-refractivity contribution in [2.75, 3.05) is 5.75 Å². The first kappa shape index (κ1) is 23.9. The molecule has 0 heterocycles. The molecule has 2 rings (SSSR count). The summed E-state index contributed by atoms with van der Waals surface area (Å²) in [7, 11) is 0. The van der Waals surface area contributed by atoms with Crippen LogP contribution in [-0.2, 0) is 21.9 Å². The first-order valence-corrected chi connectivity index (χ1v) is 11.3. The molecule has 1 atom stereocenters. The van der Waals surface area contributed by atoms with E-state index in [4.69, 9.17) is 0 Å². The number of thioether (sulfide) groups is 1. The van der Waals surface area contributed by atoms with Gasteiger partial charge in [-0.2, -0.15) is 0 Å². The second-order valence-corrected chi connectivity index (χ2v) is 9.28. The van der Waals surface area contributed by atoms with Crippen LogP contribution in [0.4, 0.5) is 4.39 Å². The van der Waals surface area contributed by atoms with Gasteiger partial charge in [0.25, 0.3) is 0 Å². The van der Waals surface area contributed by atoms with Crippen LogP contribution in [0.25, 0.3) is 0 Å². The van der Waals surface area contributed by atoms with Crippen molar-refractivity contribution >= 4 is 23.6 Å². The largest absolute Gasteiger partial charge is 0.350 e. The molecule has 0 fully saturated rings. The van der Waals surface area contributed by atoms with Crippen LogP contribution in [0.2, 0.25) is 0 Å². The SMILES string of the molecule is CC[C@@H](C(=O)NC(C)(C)C)N(Cc1ccccc1)C(=O)CSCc1ccc(F)cc1. The Bertz CT molecular complexity index is 819. The zero-order valence-corrected chi connectivity index (χ0v) is 19.0. The summed E-state index contributed by atoms with van der Waals surface area (Å²) in [5, 5.41) is 3.00. The summed E-state index contributed by atoms with van der Waals surface area (Å²) in [5.41, 5.74) is 1.57. The Labute approximate surface area is 183 Å². The topological polar surface area (TPSA) is 49.4 Å². The highest BCUT2D eigenvalue weighted by Crippen LogP contribution is 2.18. The van der Waals surface area contributed by atoms with Gasteiger partial charge in [0, 0.05) is 17.8 Å². The van der Waals surface area contributed by atoms with Crippen LogP contribution in [0.1, 0.15) is 45.2 Å². The van der Waals surface area contributed by atoms with Crippen molar-refractivity contribution in [1.82, 2.24) is 10.2 Å². The molecule has 0 radical (unpaired) electrons. The quantitative estimate of drug-likeness (QED) is 0.623. The lowest BCUT2D eigenvalue weighted by Gasteiger charge is -2.33. The van der Waals surface area contributed by atoms with E-state index in [1.165, 1.54) is 23.9 Å². The van der Waals surface area contributed by atoms with Gasteiger partial charge in [-0.3, -0.25) is 9.59 Å². The number of nitrogens with one attached hydrogen (secondary N) is 1. The summed E-state index contributed by atoms with van der Waals surface area (Å²) in [6.45, 7) is 8.09. The molecule has 6 heteroatoms. The number of hydrogen-bond donors (Lipinski definition) is 1. The molecule has 2 aromatic carbocycles. The van der Waals surface area contributed by atoms with Crippen molar-refractivity contribution in [3.8, 4) is 0 Å². The van der Waals surface area contributed by atoms with Crippen molar-refractivity contribution < 1.29 is 14.0 Å². The van der Waals surface area contributed by atoms with E-state index < -0.39 is 6.04 Å². The highest BCUT2D eigenvalue weighted by atomic mass is 32.2. The molecule has 4 nitrogen and oxygen atoms in total. The Morgan fingerprint density at radius 3 is 2.23 bits per heavy atom. The van der Waals surface area contributed by atoms with Gasteiger partial charge in [-0.1, -0.05) is 49.4 Å². The van der Waals surface area contributed by atoms with Gasteiger partial charge in [-0.15, -0.1) is 11.8 Å². The Hall–Kier alpha value is -2.34. The Kier molecular flexibility index (Phi) is 8.90. The fourth-order valence-electron chi connectivity index (χ4n) is 3.07. The number of rotatable bonds is 9. The predicted octanol–water partition coefficient (Wildman–Crippen LogP) is 4.78. The van der Waals surface area contributed by atoms with Crippen LogP contribution in [-0.4, -0.2) is 34.0 Å². The molecular formula is C24H31FN2O2S. The molecule has 0 aromatic heterocycles. The maximum absolute atomic E-state index is 13.1. The van der Waals surface area contributed by atoms with E-state index in [0.29, 0.717) is 18.7 Å². The molecule has 0 spiro atoms. The molecule has 0 aliphatic carbocycles. The average molecular weight is 431 g/mol. The number of benzene rings is 2. The van der Waals surface area contributed by atoms with Gasteiger partial charge in [0.1, 0.15) is 11.9 Å². The lowest BCUT2D eigenvalue weighted by atomic mass is 10.1. The van der Waals surface area contributed by atoms with Crippen LogP contribution in [0, 0.1) is 5.82 Å². The average Bonchev–Trinajstić information content (AvgIpc) is 2.68. The first-order valence-electron chi connectivity index (χ1n) is 10.2. The fourth-order valence-corrected chi connectivity index (χ4v) is 3.94. The fraction of sp³-hybridized carbons (Fsp3) is 0.417. The molecule has 1 N–H and O–H groups in total. The van der Waals surface area contributed by atoms with Crippen LogP contribution >= 0.6 is 11.8 Å². The molecule has 0 bridgehead atoms. The first-order chi connectivity index (χ1) is 14.2. The molecule has 0 aliphatic rings. The van der Waals surface area contributed by atoms with E-state index in [1.807, 2.05) is 58.0 Å². The highest BCUT2D eigenvalue weighted by molar-refractivity contribution is 7.99. The molecule has 0 saturated carbocycles. The van der Waals surface area contributed by atoms with Crippen LogP contribution in [0.15, 0.2) is 54.6 Å². The van der Waals surface area contributed by atoms with Crippen LogP contribution in [0.3, 0.4) is 0 Å². The summed E-state index contributed by atoms with van der Waals surface area (Å²) < 4.78 is 13.1. The number of amides is 2. The number of carbonyl (C=O) groups is 2. The minimum atomic E-state index is -0.539. The summed E-state index contributed by atoms with van der Waals surface area (Å²) >= 11 is 1.47. The van der Waals surface area contributed by atoms with Crippen molar-refractivity contribution in [2.24, 2.45) is 0 Å². The van der Waals surface area contributed by atoms with E-state index in [9.17, 15) is 14.0 Å². The Morgan fingerprint density at radius 2 is 1.67 bits per heavy atom. The summed E-state index contributed by atoms with van der Waals surface area (Å²) in [5.74, 6) is 0.365. The normalized spacial score (nSPS) is 12.3. The second kappa shape index (κ2) is 11.2. The summed E-state index contributed by atoms with van der Waals surface area (Å²) in [6, 6.07) is 15.4. The number of hydrogen-bond acceptors (Lipinski definition) is 3. The zero-order valence-electron chi connectivity index (χ0n) is 18.2. The third kappa shape index (κ3) is 7.82. The predicted molar refractivity (Wildman–Crippen MR) is 122 cm³/mol. The van der Waals surface area contributed by atoms with Gasteiger partial charge < -0.3 is 10.2 Å². The van der Waals surface area contributed by atoms with Crippen LogP contribution < -0.4 is 5.32 Å². The molecule has 30 heavy (non-hydrogen) atoms. The minimum absolute atomic E-state index is 0.0816. The van der Waals surface area contributed by atoms with Crippen molar-refractivity contribution in [2.45, 2.75) is 58.0 Å². The third-order valence-electron chi connectivity index (χ3n) is 4.49. The molecule has 2 amide bonds. The van der Waals surface area contributed by atoms with Crippen molar-refractivity contribution in [3.05, 3.63) is 71.5 Å². The standard InChI is InChI=1S/C24H31FN2O2S/c1-5-21(23(29)26-24(2,3)4)27(15-18-9-7-6-8-10-18)22(28)17-30-16-19-11-13-20(25)14-12-19/h6-14,21H,5,15-17H2,1-4H3,(H,26,29)/t21-/m0/s1. The van der Waals surface area contributed by atoms with Gasteiger partial charge in [-0.05, 0) is 50.5 Å². The number of carbonyl (C=O) groups excluding carboxylic acids is 2. The maximum atomic E-state index is 13.1. The van der Waals surface area contributed by atoms with E-state index in [-0.39, 0.29) is 28.9 Å². The number of halogens is 1. The lowest BCUT2D eigenvalue weighted by Crippen LogP contribution is -2.53. The van der Waals surface area contributed by atoms with Gasteiger partial charge in [0.2, 0.25) is 11.8 Å². The zero-order chi connectivity index (χ0) is 22.1. The highest BCUT2D eigenvalue weighted by Gasteiger charge is 2.30. The Balaban J connectivity index is 2.11. The molecule has 0 saturated heterocycles. The van der Waals surface area contributed by atoms with Gasteiger partial charge in [0.05, 0.1) is 5.75 Å². The molecule has 0 unspecified atom stereocenters.